The SMILES string of the molecule is CCNC(=NCCC1CCN(CC)CC1)NC1CCN(C(=O)C2CCCCC2)C1. The topological polar surface area (TPSA) is 60.0 Å². The molecule has 1 amide bonds. The molecule has 1 atom stereocenters. The maximum Gasteiger partial charge on any atom is 0.225 e. The second-order valence-corrected chi connectivity index (χ2v) is 9.18. The lowest BCUT2D eigenvalue weighted by Crippen LogP contribution is -2.45. The van der Waals surface area contributed by atoms with Gasteiger partial charge in [-0.05, 0) is 71.0 Å². The van der Waals surface area contributed by atoms with Crippen LogP contribution in [-0.2, 0) is 4.79 Å². The van der Waals surface area contributed by atoms with Gasteiger partial charge in [-0.3, -0.25) is 9.79 Å². The van der Waals surface area contributed by atoms with Crippen molar-refractivity contribution in [1.29, 1.82) is 0 Å². The maximum atomic E-state index is 12.8. The lowest BCUT2D eigenvalue weighted by atomic mass is 9.88. The Morgan fingerprint density at radius 2 is 1.76 bits per heavy atom. The van der Waals surface area contributed by atoms with Crippen LogP contribution >= 0.6 is 0 Å². The molecule has 6 heteroatoms. The summed E-state index contributed by atoms with van der Waals surface area (Å²) in [5.41, 5.74) is 0. The molecular formula is C23H43N5O. The third kappa shape index (κ3) is 6.87. The van der Waals surface area contributed by atoms with Gasteiger partial charge in [-0.1, -0.05) is 26.2 Å². The van der Waals surface area contributed by atoms with Crippen LogP contribution < -0.4 is 10.6 Å². The van der Waals surface area contributed by atoms with Crippen molar-refractivity contribution >= 4 is 11.9 Å². The smallest absolute Gasteiger partial charge is 0.225 e. The van der Waals surface area contributed by atoms with Gasteiger partial charge in [0.25, 0.3) is 0 Å². The largest absolute Gasteiger partial charge is 0.357 e. The van der Waals surface area contributed by atoms with Crippen LogP contribution in [0.15, 0.2) is 4.99 Å². The lowest BCUT2D eigenvalue weighted by Gasteiger charge is -2.30. The Morgan fingerprint density at radius 3 is 2.45 bits per heavy atom. The van der Waals surface area contributed by atoms with Crippen molar-refractivity contribution in [3.63, 3.8) is 0 Å². The van der Waals surface area contributed by atoms with E-state index in [0.29, 0.717) is 11.9 Å². The van der Waals surface area contributed by atoms with Gasteiger partial charge in [0.2, 0.25) is 5.91 Å². The van der Waals surface area contributed by atoms with E-state index in [9.17, 15) is 4.79 Å². The number of hydrogen-bond donors (Lipinski definition) is 2. The summed E-state index contributed by atoms with van der Waals surface area (Å²) in [6.45, 7) is 11.5. The quantitative estimate of drug-likeness (QED) is 0.505. The predicted octanol–water partition coefficient (Wildman–Crippen LogP) is 2.84. The van der Waals surface area contributed by atoms with E-state index in [1.165, 1.54) is 58.2 Å². The van der Waals surface area contributed by atoms with Gasteiger partial charge in [-0.15, -0.1) is 0 Å². The highest BCUT2D eigenvalue weighted by Crippen LogP contribution is 2.26. The molecule has 3 rings (SSSR count). The fraction of sp³-hybridized carbons (Fsp3) is 0.913. The monoisotopic (exact) mass is 405 g/mol. The van der Waals surface area contributed by atoms with Crippen LogP contribution in [0.1, 0.15) is 71.6 Å². The molecule has 2 heterocycles. The molecule has 2 N–H and O–H groups in total. The number of guanidine groups is 1. The number of nitrogens with zero attached hydrogens (tertiary/aromatic N) is 3. The van der Waals surface area contributed by atoms with Gasteiger partial charge >= 0.3 is 0 Å². The summed E-state index contributed by atoms with van der Waals surface area (Å²) in [6.07, 6.45) is 10.8. The third-order valence-corrected chi connectivity index (χ3v) is 7.10. The number of amides is 1. The highest BCUT2D eigenvalue weighted by atomic mass is 16.2. The summed E-state index contributed by atoms with van der Waals surface area (Å²) in [5.74, 6) is 2.42. The van der Waals surface area contributed by atoms with Gasteiger partial charge in [0.05, 0.1) is 0 Å². The Bertz CT molecular complexity index is 523. The number of rotatable bonds is 7. The first-order valence-corrected chi connectivity index (χ1v) is 12.3. The molecule has 29 heavy (non-hydrogen) atoms. The molecule has 166 valence electrons. The summed E-state index contributed by atoms with van der Waals surface area (Å²) in [5, 5.41) is 6.99. The zero-order valence-electron chi connectivity index (χ0n) is 18.8. The average molecular weight is 406 g/mol. The molecule has 0 bridgehead atoms. The molecule has 1 aliphatic carbocycles. The molecular weight excluding hydrogens is 362 g/mol. The van der Waals surface area contributed by atoms with E-state index in [-0.39, 0.29) is 5.92 Å². The molecule has 1 unspecified atom stereocenters. The van der Waals surface area contributed by atoms with E-state index in [1.807, 2.05) is 0 Å². The summed E-state index contributed by atoms with van der Waals surface area (Å²) in [7, 11) is 0. The van der Waals surface area contributed by atoms with Crippen molar-refractivity contribution in [3.05, 3.63) is 0 Å². The van der Waals surface area contributed by atoms with Crippen molar-refractivity contribution in [2.45, 2.75) is 77.7 Å². The van der Waals surface area contributed by atoms with Crippen LogP contribution in [0.25, 0.3) is 0 Å². The van der Waals surface area contributed by atoms with Crippen LogP contribution in [0.2, 0.25) is 0 Å². The Labute approximate surface area is 177 Å². The molecule has 0 aromatic carbocycles. The highest BCUT2D eigenvalue weighted by Gasteiger charge is 2.31. The molecule has 0 radical (unpaired) electrons. The first-order chi connectivity index (χ1) is 14.2. The number of nitrogens with one attached hydrogen (secondary N) is 2. The Kier molecular flexibility index (Phi) is 9.09. The first-order valence-electron chi connectivity index (χ1n) is 12.3. The lowest BCUT2D eigenvalue weighted by molar-refractivity contribution is -0.135. The second kappa shape index (κ2) is 11.8. The van der Waals surface area contributed by atoms with E-state index in [2.05, 4.69) is 34.3 Å². The summed E-state index contributed by atoms with van der Waals surface area (Å²) in [6, 6.07) is 0.327. The third-order valence-electron chi connectivity index (χ3n) is 7.10. The van der Waals surface area contributed by atoms with Crippen molar-refractivity contribution in [3.8, 4) is 0 Å². The van der Waals surface area contributed by atoms with Crippen LogP contribution in [0.5, 0.6) is 0 Å². The number of hydrogen-bond acceptors (Lipinski definition) is 3. The minimum Gasteiger partial charge on any atom is -0.357 e. The van der Waals surface area contributed by atoms with E-state index in [4.69, 9.17) is 4.99 Å². The summed E-state index contributed by atoms with van der Waals surface area (Å²) >= 11 is 0. The van der Waals surface area contributed by atoms with Gasteiger partial charge in [0.15, 0.2) is 5.96 Å². The maximum absolute atomic E-state index is 12.8. The first kappa shape index (κ1) is 22.4. The normalized spacial score (nSPS) is 25.4. The molecule has 0 aromatic rings. The number of carbonyl (C=O) groups excluding carboxylic acids is 1. The summed E-state index contributed by atoms with van der Waals surface area (Å²) in [4.78, 5) is 22.3. The second-order valence-electron chi connectivity index (χ2n) is 9.18. The molecule has 3 fully saturated rings. The number of piperidine rings is 1. The molecule has 2 saturated heterocycles. The number of aliphatic imine (C=N–C) groups is 1. The van der Waals surface area contributed by atoms with Crippen LogP contribution in [0, 0.1) is 11.8 Å². The fourth-order valence-corrected chi connectivity index (χ4v) is 5.15. The molecule has 6 nitrogen and oxygen atoms in total. The average Bonchev–Trinajstić information content (AvgIpc) is 3.23. The van der Waals surface area contributed by atoms with Gasteiger partial charge < -0.3 is 20.4 Å². The minimum atomic E-state index is 0.281. The van der Waals surface area contributed by atoms with Crippen molar-refractivity contribution in [2.24, 2.45) is 16.8 Å². The van der Waals surface area contributed by atoms with E-state index in [1.54, 1.807) is 0 Å². The number of likely N-dealkylation sites (tertiary alicyclic amines) is 2. The fourth-order valence-electron chi connectivity index (χ4n) is 5.15. The Morgan fingerprint density at radius 1 is 1.00 bits per heavy atom. The molecule has 0 spiro atoms. The summed E-state index contributed by atoms with van der Waals surface area (Å²) < 4.78 is 0. The van der Waals surface area contributed by atoms with E-state index in [0.717, 1.165) is 57.3 Å². The Balaban J connectivity index is 1.41. The zero-order chi connectivity index (χ0) is 20.5. The zero-order valence-corrected chi connectivity index (χ0v) is 18.8. The van der Waals surface area contributed by atoms with E-state index >= 15 is 0 Å². The predicted molar refractivity (Wildman–Crippen MR) is 120 cm³/mol. The minimum absolute atomic E-state index is 0.281. The van der Waals surface area contributed by atoms with Gasteiger partial charge in [-0.2, -0.15) is 0 Å². The number of carbonyl (C=O) groups is 1. The molecule has 3 aliphatic rings. The molecule has 2 aliphatic heterocycles. The van der Waals surface area contributed by atoms with Crippen molar-refractivity contribution < 1.29 is 4.79 Å². The van der Waals surface area contributed by atoms with Crippen molar-refractivity contribution in [2.75, 3.05) is 45.8 Å². The van der Waals surface area contributed by atoms with E-state index < -0.39 is 0 Å². The van der Waals surface area contributed by atoms with Crippen LogP contribution in [0.4, 0.5) is 0 Å². The standard InChI is InChI=1S/C23H43N5O/c1-3-24-23(25-14-10-19-11-15-27(4-2)16-12-19)26-21-13-17-28(18-21)22(29)20-8-6-5-7-9-20/h19-21H,3-18H2,1-2H3,(H2,24,25,26). The molecule has 1 saturated carbocycles. The highest BCUT2D eigenvalue weighted by molar-refractivity contribution is 5.81. The van der Waals surface area contributed by atoms with Gasteiger partial charge in [-0.25, -0.2) is 0 Å². The van der Waals surface area contributed by atoms with Crippen LogP contribution in [-0.4, -0.2) is 73.5 Å². The van der Waals surface area contributed by atoms with Gasteiger partial charge in [0.1, 0.15) is 0 Å². The Hall–Kier alpha value is -1.30. The van der Waals surface area contributed by atoms with Gasteiger partial charge in [0, 0.05) is 38.1 Å². The van der Waals surface area contributed by atoms with Crippen LogP contribution in [0.3, 0.4) is 0 Å². The molecule has 0 aromatic heterocycles. The van der Waals surface area contributed by atoms with Crippen molar-refractivity contribution in [1.82, 2.24) is 20.4 Å².